The molecule has 4 heterocycles. The first kappa shape index (κ1) is 19.0. The van der Waals surface area contributed by atoms with Crippen molar-refractivity contribution in [3.05, 3.63) is 58.4 Å². The van der Waals surface area contributed by atoms with E-state index < -0.39 is 29.1 Å². The number of nitrogens with one attached hydrogen (secondary N) is 1. The van der Waals surface area contributed by atoms with Gasteiger partial charge in [-0.3, -0.25) is 19.3 Å². The van der Waals surface area contributed by atoms with E-state index in [0.29, 0.717) is 28.5 Å². The highest BCUT2D eigenvalue weighted by Gasteiger charge is 2.74. The van der Waals surface area contributed by atoms with Crippen LogP contribution in [0.3, 0.4) is 0 Å². The van der Waals surface area contributed by atoms with Crippen LogP contribution in [0.5, 0.6) is 0 Å². The zero-order chi connectivity index (χ0) is 21.7. The highest BCUT2D eigenvalue weighted by Crippen LogP contribution is 2.61. The summed E-state index contributed by atoms with van der Waals surface area (Å²) < 4.78 is 13.4. The van der Waals surface area contributed by atoms with Crippen LogP contribution in [0.1, 0.15) is 24.0 Å². The summed E-state index contributed by atoms with van der Waals surface area (Å²) >= 11 is 6.30. The summed E-state index contributed by atoms with van der Waals surface area (Å²) in [5, 5.41) is 3.50. The largest absolute Gasteiger partial charge is 0.324 e. The molecule has 4 atom stereocenters. The van der Waals surface area contributed by atoms with Gasteiger partial charge in [0.15, 0.2) is 0 Å². The van der Waals surface area contributed by atoms with Crippen molar-refractivity contribution in [3.8, 4) is 0 Å². The van der Waals surface area contributed by atoms with Gasteiger partial charge in [-0.2, -0.15) is 0 Å². The van der Waals surface area contributed by atoms with Crippen molar-refractivity contribution in [1.82, 2.24) is 4.90 Å². The molecule has 3 amide bonds. The third-order valence-corrected chi connectivity index (χ3v) is 7.86. The Balaban J connectivity index is 1.56. The highest BCUT2D eigenvalue weighted by atomic mass is 35.5. The Labute approximate surface area is 183 Å². The second kappa shape index (κ2) is 6.14. The van der Waals surface area contributed by atoms with Gasteiger partial charge in [-0.25, -0.2) is 9.29 Å². The number of anilines is 2. The lowest BCUT2D eigenvalue weighted by Crippen LogP contribution is -2.54. The van der Waals surface area contributed by atoms with E-state index in [1.165, 1.54) is 24.3 Å². The number of hydrogen-bond donors (Lipinski definition) is 1. The van der Waals surface area contributed by atoms with E-state index in [0.717, 1.165) is 23.3 Å². The van der Waals surface area contributed by atoms with Gasteiger partial charge in [0, 0.05) is 16.6 Å². The smallest absolute Gasteiger partial charge is 0.250 e. The summed E-state index contributed by atoms with van der Waals surface area (Å²) in [6.07, 6.45) is 1.59. The third kappa shape index (κ3) is 2.13. The molecule has 0 bridgehead atoms. The molecule has 1 spiro atoms. The molecule has 0 unspecified atom stereocenters. The predicted octanol–water partition coefficient (Wildman–Crippen LogP) is 3.22. The number of hydrogen-bond acceptors (Lipinski definition) is 4. The van der Waals surface area contributed by atoms with Gasteiger partial charge in [0.1, 0.15) is 11.4 Å². The van der Waals surface area contributed by atoms with Crippen molar-refractivity contribution in [1.29, 1.82) is 0 Å². The molecule has 6 nitrogen and oxygen atoms in total. The summed E-state index contributed by atoms with van der Waals surface area (Å²) in [6.45, 7) is 2.48. The Morgan fingerprint density at radius 2 is 1.84 bits per heavy atom. The number of rotatable bonds is 1. The van der Waals surface area contributed by atoms with E-state index in [4.69, 9.17) is 11.6 Å². The molecule has 3 saturated heterocycles. The number of fused-ring (bicyclic) bond motifs is 7. The van der Waals surface area contributed by atoms with Crippen LogP contribution < -0.4 is 10.2 Å². The van der Waals surface area contributed by atoms with E-state index >= 15 is 0 Å². The first-order chi connectivity index (χ1) is 14.9. The number of amides is 3. The van der Waals surface area contributed by atoms with Crippen LogP contribution >= 0.6 is 11.6 Å². The minimum Gasteiger partial charge on any atom is -0.324 e. The van der Waals surface area contributed by atoms with Crippen LogP contribution in [-0.2, 0) is 19.9 Å². The summed E-state index contributed by atoms with van der Waals surface area (Å²) in [7, 11) is 0. The maximum Gasteiger partial charge on any atom is 0.250 e. The molecule has 1 N–H and O–H groups in total. The Kier molecular flexibility index (Phi) is 3.76. The van der Waals surface area contributed by atoms with Crippen molar-refractivity contribution in [2.45, 2.75) is 31.3 Å². The van der Waals surface area contributed by atoms with Gasteiger partial charge < -0.3 is 5.32 Å². The molecule has 2 aromatic rings. The molecule has 158 valence electrons. The minimum absolute atomic E-state index is 0.195. The van der Waals surface area contributed by atoms with Crippen molar-refractivity contribution in [2.24, 2.45) is 11.8 Å². The lowest BCUT2D eigenvalue weighted by atomic mass is 9.75. The van der Waals surface area contributed by atoms with Crippen LogP contribution in [0.25, 0.3) is 0 Å². The molecule has 8 heteroatoms. The lowest BCUT2D eigenvalue weighted by molar-refractivity contribution is -0.135. The maximum absolute atomic E-state index is 13.8. The monoisotopic (exact) mass is 439 g/mol. The van der Waals surface area contributed by atoms with Crippen LogP contribution in [0.4, 0.5) is 15.8 Å². The summed E-state index contributed by atoms with van der Waals surface area (Å²) in [5.74, 6) is -2.91. The number of benzene rings is 2. The molecule has 0 radical (unpaired) electrons. The fraction of sp³-hybridized carbons (Fsp3) is 0.348. The molecule has 6 rings (SSSR count). The molecule has 31 heavy (non-hydrogen) atoms. The van der Waals surface area contributed by atoms with Crippen LogP contribution in [0.15, 0.2) is 36.4 Å². The fourth-order valence-electron chi connectivity index (χ4n) is 6.24. The average Bonchev–Trinajstić information content (AvgIpc) is 3.45. The van der Waals surface area contributed by atoms with Gasteiger partial charge >= 0.3 is 0 Å². The van der Waals surface area contributed by atoms with Gasteiger partial charge in [-0.1, -0.05) is 17.7 Å². The van der Waals surface area contributed by atoms with Crippen LogP contribution in [0.2, 0.25) is 5.02 Å². The van der Waals surface area contributed by atoms with Gasteiger partial charge in [0.05, 0.1) is 23.2 Å². The Hall–Kier alpha value is -2.77. The van der Waals surface area contributed by atoms with E-state index in [1.54, 1.807) is 12.1 Å². The predicted molar refractivity (Wildman–Crippen MR) is 112 cm³/mol. The zero-order valence-corrected chi connectivity index (χ0v) is 17.4. The molecule has 2 aromatic carbocycles. The normalized spacial score (nSPS) is 31.4. The minimum atomic E-state index is -1.24. The van der Waals surface area contributed by atoms with Gasteiger partial charge in [0.2, 0.25) is 17.7 Å². The standard InChI is InChI=1S/C23H19ClFN3O3/c1-11-15(24)9-8-14-19(11)26-22(31)23(14)18-17(16-3-2-10-27(16)23)20(29)28(21(18)30)13-6-4-12(25)5-7-13/h4-9,16-18H,2-3,10H2,1H3,(H,26,31)/t16-,17+,18-,23-/m0/s1. The second-order valence-electron chi connectivity index (χ2n) is 8.71. The quantitative estimate of drug-likeness (QED) is 0.693. The van der Waals surface area contributed by atoms with Crippen LogP contribution in [0, 0.1) is 24.6 Å². The first-order valence-corrected chi connectivity index (χ1v) is 10.8. The van der Waals surface area contributed by atoms with Crippen molar-refractivity contribution in [3.63, 3.8) is 0 Å². The number of carbonyl (C=O) groups is 3. The summed E-state index contributed by atoms with van der Waals surface area (Å²) in [6, 6.07) is 8.66. The number of nitrogens with zero attached hydrogens (tertiary/aromatic N) is 2. The van der Waals surface area contributed by atoms with Crippen molar-refractivity contribution >= 4 is 40.7 Å². The third-order valence-electron chi connectivity index (χ3n) is 7.45. The van der Waals surface area contributed by atoms with E-state index in [9.17, 15) is 18.8 Å². The molecular formula is C23H19ClFN3O3. The number of imide groups is 1. The lowest BCUT2D eigenvalue weighted by Gasteiger charge is -2.36. The number of halogens is 2. The molecular weight excluding hydrogens is 421 g/mol. The second-order valence-corrected chi connectivity index (χ2v) is 9.12. The molecule has 0 saturated carbocycles. The molecule has 0 aliphatic carbocycles. The highest BCUT2D eigenvalue weighted by molar-refractivity contribution is 6.32. The van der Waals surface area contributed by atoms with Crippen LogP contribution in [-0.4, -0.2) is 35.2 Å². The SMILES string of the molecule is Cc1c(Cl)ccc2c1NC(=O)[C@@]21[C@@H]2C(=O)N(c3ccc(F)cc3)C(=O)[C@@H]2[C@@H]2CCCN21. The Bertz CT molecular complexity index is 1180. The molecule has 3 fully saturated rings. The Morgan fingerprint density at radius 3 is 2.58 bits per heavy atom. The van der Waals surface area contributed by atoms with E-state index in [-0.39, 0.29) is 17.9 Å². The summed E-state index contributed by atoms with van der Waals surface area (Å²) in [5.41, 5.74) is 1.18. The van der Waals surface area contributed by atoms with Gasteiger partial charge in [-0.05, 0) is 62.2 Å². The van der Waals surface area contributed by atoms with Crippen molar-refractivity contribution in [2.75, 3.05) is 16.8 Å². The zero-order valence-electron chi connectivity index (χ0n) is 16.7. The molecule has 4 aliphatic rings. The fourth-order valence-corrected chi connectivity index (χ4v) is 6.39. The first-order valence-electron chi connectivity index (χ1n) is 10.4. The van der Waals surface area contributed by atoms with Crippen molar-refractivity contribution < 1.29 is 18.8 Å². The van der Waals surface area contributed by atoms with Gasteiger partial charge in [-0.15, -0.1) is 0 Å². The molecule has 0 aromatic heterocycles. The summed E-state index contributed by atoms with van der Waals surface area (Å²) in [4.78, 5) is 44.1. The maximum atomic E-state index is 13.8. The average molecular weight is 440 g/mol. The van der Waals surface area contributed by atoms with E-state index in [1.807, 2.05) is 6.92 Å². The number of carbonyl (C=O) groups excluding carboxylic acids is 3. The Morgan fingerprint density at radius 1 is 1.10 bits per heavy atom. The molecule has 4 aliphatic heterocycles. The van der Waals surface area contributed by atoms with E-state index in [2.05, 4.69) is 10.2 Å². The topological polar surface area (TPSA) is 69.7 Å². The van der Waals surface area contributed by atoms with Gasteiger partial charge in [0.25, 0.3) is 0 Å².